The number of nitrogens with zero attached hydrogens (tertiary/aromatic N) is 3. The van der Waals surface area contributed by atoms with Crippen molar-refractivity contribution in [2.75, 3.05) is 29.0 Å². The van der Waals surface area contributed by atoms with Crippen molar-refractivity contribution >= 4 is 40.1 Å². The first kappa shape index (κ1) is 21.9. The van der Waals surface area contributed by atoms with Crippen LogP contribution in [0.25, 0.3) is 11.3 Å². The highest BCUT2D eigenvalue weighted by atomic mass is 16.2. The smallest absolute Gasteiger partial charge is 0.267 e. The summed E-state index contributed by atoms with van der Waals surface area (Å²) in [6, 6.07) is 18.8. The molecule has 0 saturated carbocycles. The zero-order valence-electron chi connectivity index (χ0n) is 19.1. The zero-order valence-corrected chi connectivity index (χ0v) is 19.1. The molecule has 0 spiro atoms. The number of benzene rings is 2. The summed E-state index contributed by atoms with van der Waals surface area (Å²) >= 11 is 0. The summed E-state index contributed by atoms with van der Waals surface area (Å²) in [6.45, 7) is 4.45. The molecular weight excluding hydrogens is 426 g/mol. The van der Waals surface area contributed by atoms with Crippen LogP contribution in [-0.2, 0) is 16.1 Å². The zero-order chi connectivity index (χ0) is 23.7. The Bertz CT molecular complexity index is 1260. The Morgan fingerprint density at radius 3 is 2.50 bits per heavy atom. The quantitative estimate of drug-likeness (QED) is 0.446. The first-order chi connectivity index (χ1) is 16.5. The Hall–Kier alpha value is -3.97. The molecule has 2 amide bonds. The molecule has 0 radical (unpaired) electrons. The second-order valence-electron chi connectivity index (χ2n) is 8.70. The summed E-state index contributed by atoms with van der Waals surface area (Å²) < 4.78 is 0. The van der Waals surface area contributed by atoms with Crippen molar-refractivity contribution in [1.82, 2.24) is 9.88 Å². The fourth-order valence-corrected chi connectivity index (χ4v) is 4.63. The molecule has 0 unspecified atom stereocenters. The standard InChI is InChI=1S/C27H27N5O2/c1-18(33)32-24-15-20(28)9-12-23(24)25(27(32)34)26(19-7-3-2-4-8-19)30-21-10-11-22(29-16-21)17-31-13-5-6-14-31/h2-4,7-12,15-16,30H,5-6,13-14,17,28H2,1H3/b26-25-. The van der Waals surface area contributed by atoms with E-state index in [2.05, 4.69) is 15.2 Å². The molecule has 1 fully saturated rings. The van der Waals surface area contributed by atoms with Crippen molar-refractivity contribution in [2.24, 2.45) is 0 Å². The van der Waals surface area contributed by atoms with E-state index >= 15 is 0 Å². The highest BCUT2D eigenvalue weighted by Crippen LogP contribution is 2.42. The van der Waals surface area contributed by atoms with Crippen molar-refractivity contribution in [3.8, 4) is 0 Å². The maximum atomic E-state index is 13.5. The van der Waals surface area contributed by atoms with Crippen LogP contribution in [0.3, 0.4) is 0 Å². The van der Waals surface area contributed by atoms with Gasteiger partial charge in [0.05, 0.1) is 34.5 Å². The molecule has 34 heavy (non-hydrogen) atoms. The van der Waals surface area contributed by atoms with E-state index in [9.17, 15) is 9.59 Å². The number of imide groups is 1. The number of nitrogens with two attached hydrogens (primary N) is 1. The van der Waals surface area contributed by atoms with Crippen LogP contribution in [0.15, 0.2) is 66.9 Å². The molecule has 1 saturated heterocycles. The maximum Gasteiger partial charge on any atom is 0.267 e. The molecule has 3 heterocycles. The number of pyridine rings is 1. The number of rotatable bonds is 5. The summed E-state index contributed by atoms with van der Waals surface area (Å²) in [5, 5.41) is 3.42. The van der Waals surface area contributed by atoms with Gasteiger partial charge in [-0.1, -0.05) is 30.3 Å². The highest BCUT2D eigenvalue weighted by molar-refractivity contribution is 6.43. The largest absolute Gasteiger partial charge is 0.399 e. The van der Waals surface area contributed by atoms with E-state index < -0.39 is 0 Å². The summed E-state index contributed by atoms with van der Waals surface area (Å²) in [6.07, 6.45) is 4.28. The van der Waals surface area contributed by atoms with E-state index in [1.54, 1.807) is 24.4 Å². The van der Waals surface area contributed by atoms with Gasteiger partial charge in [-0.3, -0.25) is 19.5 Å². The van der Waals surface area contributed by atoms with Crippen LogP contribution in [0.1, 0.15) is 36.6 Å². The van der Waals surface area contributed by atoms with Gasteiger partial charge >= 0.3 is 0 Å². The molecule has 1 aromatic heterocycles. The van der Waals surface area contributed by atoms with Crippen LogP contribution in [-0.4, -0.2) is 34.8 Å². The van der Waals surface area contributed by atoms with Gasteiger partial charge in [0.1, 0.15) is 0 Å². The molecule has 172 valence electrons. The van der Waals surface area contributed by atoms with Crippen LogP contribution in [0.4, 0.5) is 17.1 Å². The molecule has 5 rings (SSSR count). The predicted molar refractivity (Wildman–Crippen MR) is 135 cm³/mol. The minimum Gasteiger partial charge on any atom is -0.399 e. The SMILES string of the molecule is CC(=O)N1C(=O)/C(=C(\Nc2ccc(CN3CCCC3)nc2)c2ccccc2)c2ccc(N)cc21. The number of fused-ring (bicyclic) bond motifs is 1. The van der Waals surface area contributed by atoms with Gasteiger partial charge in [-0.05, 0) is 61.8 Å². The number of anilines is 3. The van der Waals surface area contributed by atoms with Crippen molar-refractivity contribution in [3.05, 3.63) is 83.7 Å². The lowest BCUT2D eigenvalue weighted by Crippen LogP contribution is -2.31. The normalized spacial score (nSPS) is 17.1. The number of aromatic nitrogens is 1. The van der Waals surface area contributed by atoms with Crippen LogP contribution < -0.4 is 16.0 Å². The predicted octanol–water partition coefficient (Wildman–Crippen LogP) is 4.13. The Morgan fingerprint density at radius 2 is 1.82 bits per heavy atom. The monoisotopic (exact) mass is 453 g/mol. The number of carbonyl (C=O) groups excluding carboxylic acids is 2. The van der Waals surface area contributed by atoms with Crippen LogP contribution in [0, 0.1) is 0 Å². The summed E-state index contributed by atoms with van der Waals surface area (Å²) in [5.41, 5.74) is 11.3. The number of amides is 2. The molecular formula is C27H27N5O2. The second kappa shape index (κ2) is 9.11. The van der Waals surface area contributed by atoms with Gasteiger partial charge in [0.2, 0.25) is 5.91 Å². The Kier molecular flexibility index (Phi) is 5.86. The molecule has 3 N–H and O–H groups in total. The van der Waals surface area contributed by atoms with Crippen LogP contribution >= 0.6 is 0 Å². The lowest BCUT2D eigenvalue weighted by Gasteiger charge is -2.17. The minimum absolute atomic E-state index is 0.354. The van der Waals surface area contributed by atoms with Gasteiger partial charge in [0.15, 0.2) is 0 Å². The fraction of sp³-hybridized carbons (Fsp3) is 0.222. The number of nitrogens with one attached hydrogen (secondary N) is 1. The van der Waals surface area contributed by atoms with E-state index in [1.165, 1.54) is 24.7 Å². The molecule has 2 aliphatic rings. The molecule has 0 bridgehead atoms. The average Bonchev–Trinajstić information content (AvgIpc) is 3.44. The molecule has 0 atom stereocenters. The maximum absolute atomic E-state index is 13.5. The van der Waals surface area contributed by atoms with E-state index in [0.717, 1.165) is 36.6 Å². The first-order valence-electron chi connectivity index (χ1n) is 11.5. The van der Waals surface area contributed by atoms with Gasteiger partial charge in [-0.2, -0.15) is 0 Å². The van der Waals surface area contributed by atoms with Gasteiger partial charge < -0.3 is 11.1 Å². The lowest BCUT2D eigenvalue weighted by atomic mass is 10.00. The van der Waals surface area contributed by atoms with Gasteiger partial charge in [0, 0.05) is 24.7 Å². The Labute approximate surface area is 198 Å². The molecule has 2 aromatic carbocycles. The number of hydrogen-bond acceptors (Lipinski definition) is 6. The number of carbonyl (C=O) groups is 2. The first-order valence-corrected chi connectivity index (χ1v) is 11.5. The highest BCUT2D eigenvalue weighted by Gasteiger charge is 2.37. The Morgan fingerprint density at radius 1 is 1.06 bits per heavy atom. The van der Waals surface area contributed by atoms with Crippen molar-refractivity contribution < 1.29 is 9.59 Å². The van der Waals surface area contributed by atoms with E-state index in [1.807, 2.05) is 42.5 Å². The fourth-order valence-electron chi connectivity index (χ4n) is 4.63. The van der Waals surface area contributed by atoms with E-state index in [4.69, 9.17) is 5.73 Å². The van der Waals surface area contributed by atoms with E-state index in [0.29, 0.717) is 28.2 Å². The third-order valence-electron chi connectivity index (χ3n) is 6.25. The van der Waals surface area contributed by atoms with Crippen molar-refractivity contribution in [3.63, 3.8) is 0 Å². The van der Waals surface area contributed by atoms with Crippen molar-refractivity contribution in [2.45, 2.75) is 26.3 Å². The number of likely N-dealkylation sites (tertiary alicyclic amines) is 1. The lowest BCUT2D eigenvalue weighted by molar-refractivity contribution is -0.122. The summed E-state index contributed by atoms with van der Waals surface area (Å²) in [4.78, 5) is 34.1. The van der Waals surface area contributed by atoms with Gasteiger partial charge in [-0.25, -0.2) is 4.90 Å². The molecule has 7 nitrogen and oxygen atoms in total. The molecule has 7 heteroatoms. The average molecular weight is 454 g/mol. The Balaban J connectivity index is 1.56. The summed E-state index contributed by atoms with van der Waals surface area (Å²) in [5.74, 6) is -0.731. The summed E-state index contributed by atoms with van der Waals surface area (Å²) in [7, 11) is 0. The van der Waals surface area contributed by atoms with Gasteiger partial charge in [0.25, 0.3) is 5.91 Å². The third-order valence-corrected chi connectivity index (χ3v) is 6.25. The van der Waals surface area contributed by atoms with Crippen LogP contribution in [0.5, 0.6) is 0 Å². The molecule has 2 aliphatic heterocycles. The number of hydrogen-bond donors (Lipinski definition) is 2. The topological polar surface area (TPSA) is 91.6 Å². The van der Waals surface area contributed by atoms with Gasteiger partial charge in [-0.15, -0.1) is 0 Å². The third kappa shape index (κ3) is 4.18. The second-order valence-corrected chi connectivity index (χ2v) is 8.70. The molecule has 0 aliphatic carbocycles. The van der Waals surface area contributed by atoms with Crippen LogP contribution in [0.2, 0.25) is 0 Å². The number of nitrogen functional groups attached to an aromatic ring is 1. The van der Waals surface area contributed by atoms with Crippen molar-refractivity contribution in [1.29, 1.82) is 0 Å². The minimum atomic E-state index is -0.377. The van der Waals surface area contributed by atoms with E-state index in [-0.39, 0.29) is 11.8 Å². The molecule has 3 aromatic rings.